The molecule has 1 aromatic heterocycles. The Kier molecular flexibility index (Phi) is 5.76. The number of rotatable bonds is 7. The zero-order valence-corrected chi connectivity index (χ0v) is 19.5. The van der Waals surface area contributed by atoms with E-state index in [2.05, 4.69) is 0 Å². The van der Waals surface area contributed by atoms with E-state index < -0.39 is 16.0 Å². The Morgan fingerprint density at radius 3 is 2.23 bits per heavy atom. The van der Waals surface area contributed by atoms with Crippen LogP contribution in [0.2, 0.25) is 0 Å². The monoisotopic (exact) mass is 465 g/mol. The highest BCUT2D eigenvalue weighted by Gasteiger charge is 2.54. The molecule has 2 heterocycles. The second-order valence-corrected chi connectivity index (χ2v) is 13.5. The van der Waals surface area contributed by atoms with E-state index in [0.717, 1.165) is 49.9 Å². The summed E-state index contributed by atoms with van der Waals surface area (Å²) in [6.45, 7) is 0.976. The van der Waals surface area contributed by atoms with Crippen LogP contribution >= 0.6 is 11.3 Å². The van der Waals surface area contributed by atoms with Crippen LogP contribution in [-0.4, -0.2) is 44.2 Å². The Morgan fingerprint density at radius 1 is 1.00 bits per heavy atom. The van der Waals surface area contributed by atoms with Gasteiger partial charge in [0.05, 0.1) is 6.42 Å². The van der Waals surface area contributed by atoms with Crippen molar-refractivity contribution in [1.82, 2.24) is 4.31 Å². The van der Waals surface area contributed by atoms with Gasteiger partial charge >= 0.3 is 5.97 Å². The summed E-state index contributed by atoms with van der Waals surface area (Å²) in [5.41, 5.74) is -0.256. The maximum atomic E-state index is 13.0. The first-order chi connectivity index (χ1) is 14.8. The number of carbonyl (C=O) groups is 2. The van der Waals surface area contributed by atoms with Crippen LogP contribution in [0.1, 0.15) is 62.7 Å². The highest BCUT2D eigenvalue weighted by molar-refractivity contribution is 7.91. The maximum Gasteiger partial charge on any atom is 0.311 e. The predicted molar refractivity (Wildman–Crippen MR) is 117 cm³/mol. The van der Waals surface area contributed by atoms with Gasteiger partial charge in [-0.05, 0) is 81.3 Å². The van der Waals surface area contributed by atoms with Gasteiger partial charge < -0.3 is 4.74 Å². The van der Waals surface area contributed by atoms with Crippen molar-refractivity contribution < 1.29 is 22.7 Å². The smallest absolute Gasteiger partial charge is 0.311 e. The molecule has 1 saturated heterocycles. The summed E-state index contributed by atoms with van der Waals surface area (Å²) in [6.07, 6.45) is 9.58. The van der Waals surface area contributed by atoms with Crippen LogP contribution in [0.4, 0.5) is 0 Å². The Balaban J connectivity index is 1.16. The van der Waals surface area contributed by atoms with Crippen LogP contribution < -0.4 is 0 Å². The van der Waals surface area contributed by atoms with Crippen molar-refractivity contribution in [1.29, 1.82) is 0 Å². The van der Waals surface area contributed by atoms with E-state index in [1.165, 1.54) is 23.6 Å². The van der Waals surface area contributed by atoms with Crippen molar-refractivity contribution in [2.45, 2.75) is 68.4 Å². The number of hydrogen-bond acceptors (Lipinski definition) is 6. The van der Waals surface area contributed by atoms with Crippen molar-refractivity contribution in [2.75, 3.05) is 19.7 Å². The Hall–Kier alpha value is -1.25. The van der Waals surface area contributed by atoms with Gasteiger partial charge in [0, 0.05) is 23.4 Å². The van der Waals surface area contributed by atoms with Crippen molar-refractivity contribution in [3.05, 3.63) is 17.0 Å². The fraction of sp³-hybridized carbons (Fsp3) is 0.739. The number of carbonyl (C=O) groups excluding carboxylic acids is 2. The van der Waals surface area contributed by atoms with Gasteiger partial charge in [-0.25, -0.2) is 8.42 Å². The van der Waals surface area contributed by atoms with Gasteiger partial charge in [0.1, 0.15) is 4.21 Å². The third-order valence-electron chi connectivity index (χ3n) is 7.86. The third kappa shape index (κ3) is 4.23. The van der Waals surface area contributed by atoms with E-state index in [1.54, 1.807) is 12.1 Å². The van der Waals surface area contributed by atoms with Gasteiger partial charge in [-0.15, -0.1) is 11.3 Å². The highest BCUT2D eigenvalue weighted by Crippen LogP contribution is 2.60. The quantitative estimate of drug-likeness (QED) is 0.572. The molecule has 8 heteroatoms. The fourth-order valence-electron chi connectivity index (χ4n) is 6.77. The first-order valence-corrected chi connectivity index (χ1v) is 13.9. The van der Waals surface area contributed by atoms with Gasteiger partial charge in [0.2, 0.25) is 0 Å². The van der Waals surface area contributed by atoms with Gasteiger partial charge in [-0.2, -0.15) is 4.31 Å². The van der Waals surface area contributed by atoms with Crippen LogP contribution in [0.25, 0.3) is 0 Å². The number of ketones is 1. The molecule has 0 atom stereocenters. The summed E-state index contributed by atoms with van der Waals surface area (Å²) in [4.78, 5) is 26.0. The molecule has 0 spiro atoms. The number of esters is 1. The molecule has 4 bridgehead atoms. The van der Waals surface area contributed by atoms with Crippen molar-refractivity contribution >= 4 is 33.1 Å². The minimum atomic E-state index is -3.48. The lowest BCUT2D eigenvalue weighted by Crippen LogP contribution is -2.51. The second-order valence-electron chi connectivity index (χ2n) is 10.1. The van der Waals surface area contributed by atoms with E-state index >= 15 is 0 Å². The van der Waals surface area contributed by atoms with Gasteiger partial charge in [-0.3, -0.25) is 9.59 Å². The Morgan fingerprint density at radius 2 is 1.61 bits per heavy atom. The summed E-state index contributed by atoms with van der Waals surface area (Å²) in [7, 11) is -3.48. The topological polar surface area (TPSA) is 80.8 Å². The lowest BCUT2D eigenvalue weighted by atomic mass is 9.48. The number of piperidine rings is 1. The molecular formula is C23H31NO5S2. The molecule has 0 amide bonds. The molecule has 4 aliphatic carbocycles. The second kappa shape index (κ2) is 8.27. The number of nitrogens with zero attached hydrogens (tertiary/aromatic N) is 1. The zero-order valence-electron chi connectivity index (χ0n) is 17.9. The van der Waals surface area contributed by atoms with E-state index in [9.17, 15) is 18.0 Å². The number of ether oxygens (including phenoxy) is 1. The molecule has 0 N–H and O–H groups in total. The van der Waals surface area contributed by atoms with Crippen LogP contribution in [0, 0.1) is 23.2 Å². The molecule has 4 saturated carbocycles. The maximum absolute atomic E-state index is 13.0. The summed E-state index contributed by atoms with van der Waals surface area (Å²) in [5, 5.41) is 0. The standard InChI is InChI=1S/C23H31NO5S2/c25-20(23-12-16-8-17(13-23)10-18(9-16)14-23)15-29-21(26)11-19-4-5-22(30-19)31(27,28)24-6-2-1-3-7-24/h4-5,16-18H,1-3,6-15H2. The van der Waals surface area contributed by atoms with Gasteiger partial charge in [-0.1, -0.05) is 6.42 Å². The summed E-state index contributed by atoms with van der Waals surface area (Å²) >= 11 is 1.13. The lowest BCUT2D eigenvalue weighted by molar-refractivity contribution is -0.157. The summed E-state index contributed by atoms with van der Waals surface area (Å²) < 4.78 is 32.7. The van der Waals surface area contributed by atoms with Crippen molar-refractivity contribution in [3.63, 3.8) is 0 Å². The molecule has 5 aliphatic rings. The molecule has 0 aromatic carbocycles. The van der Waals surface area contributed by atoms with Crippen molar-refractivity contribution in [3.8, 4) is 0 Å². The molecule has 31 heavy (non-hydrogen) atoms. The van der Waals surface area contributed by atoms with Crippen LogP contribution in [0.5, 0.6) is 0 Å². The number of sulfonamides is 1. The number of thiophene rings is 1. The first kappa shape index (κ1) is 21.6. The minimum Gasteiger partial charge on any atom is -0.457 e. The molecule has 0 unspecified atom stereocenters. The normalized spacial score (nSPS) is 32.8. The molecule has 6 nitrogen and oxygen atoms in total. The molecule has 1 aromatic rings. The van der Waals surface area contributed by atoms with E-state index in [0.29, 0.717) is 35.7 Å². The molecular weight excluding hydrogens is 434 g/mol. The predicted octanol–water partition coefficient (Wildman–Crippen LogP) is 3.79. The highest BCUT2D eigenvalue weighted by atomic mass is 32.2. The molecule has 0 radical (unpaired) electrons. The Bertz CT molecular complexity index is 925. The Labute approximate surface area is 188 Å². The van der Waals surface area contributed by atoms with E-state index in [4.69, 9.17) is 4.74 Å². The van der Waals surface area contributed by atoms with Crippen molar-refractivity contribution in [2.24, 2.45) is 23.2 Å². The largest absolute Gasteiger partial charge is 0.457 e. The van der Waals surface area contributed by atoms with E-state index in [-0.39, 0.29) is 28.4 Å². The molecule has 170 valence electrons. The summed E-state index contributed by atoms with van der Waals surface area (Å²) in [5.74, 6) is 1.67. The van der Waals surface area contributed by atoms with E-state index in [1.807, 2.05) is 0 Å². The van der Waals surface area contributed by atoms with Crippen LogP contribution in [0.3, 0.4) is 0 Å². The fourth-order valence-corrected chi connectivity index (χ4v) is 9.78. The SMILES string of the molecule is O=C(Cc1ccc(S(=O)(=O)N2CCCCC2)s1)OCC(=O)C12CC3CC(CC(C3)C1)C2. The van der Waals surface area contributed by atoms with Gasteiger partial charge in [0.15, 0.2) is 12.4 Å². The average Bonchev–Trinajstić information content (AvgIpc) is 3.21. The number of hydrogen-bond donors (Lipinski definition) is 0. The molecule has 5 fully saturated rings. The average molecular weight is 466 g/mol. The molecule has 6 rings (SSSR count). The number of Topliss-reactive ketones (excluding diaryl/α,β-unsaturated/α-hetero) is 1. The van der Waals surface area contributed by atoms with Crippen LogP contribution in [-0.2, 0) is 30.8 Å². The lowest BCUT2D eigenvalue weighted by Gasteiger charge is -2.55. The summed E-state index contributed by atoms with van der Waals surface area (Å²) in [6, 6.07) is 3.27. The third-order valence-corrected chi connectivity index (χ3v) is 11.3. The first-order valence-electron chi connectivity index (χ1n) is 11.6. The molecule has 1 aliphatic heterocycles. The minimum absolute atomic E-state index is 0.00828. The van der Waals surface area contributed by atoms with Crippen LogP contribution in [0.15, 0.2) is 16.3 Å². The van der Waals surface area contributed by atoms with Gasteiger partial charge in [0.25, 0.3) is 10.0 Å². The zero-order chi connectivity index (χ0) is 21.6.